The lowest BCUT2D eigenvalue weighted by Gasteiger charge is -2.26. The standard InChI is InChI=1S/C10H21NS/c1-10(2,3)12-8-9-6-4-5-7-11-9/h9,11H,4-8H2,1-3H3. The third-order valence-corrected chi connectivity index (χ3v) is 3.56. The quantitative estimate of drug-likeness (QED) is 0.713. The molecule has 72 valence electrons. The van der Waals surface area contributed by atoms with Crippen molar-refractivity contribution < 1.29 is 0 Å². The normalized spacial score (nSPS) is 25.8. The molecule has 1 heterocycles. The Balaban J connectivity index is 2.13. The van der Waals surface area contributed by atoms with Crippen LogP contribution in [0.15, 0.2) is 0 Å². The van der Waals surface area contributed by atoms with Crippen molar-refractivity contribution in [1.29, 1.82) is 0 Å². The van der Waals surface area contributed by atoms with Crippen molar-refractivity contribution in [2.75, 3.05) is 12.3 Å². The van der Waals surface area contributed by atoms with Gasteiger partial charge in [0.15, 0.2) is 0 Å². The molecule has 0 aromatic carbocycles. The highest BCUT2D eigenvalue weighted by Gasteiger charge is 2.16. The van der Waals surface area contributed by atoms with Crippen LogP contribution < -0.4 is 5.32 Å². The van der Waals surface area contributed by atoms with Crippen LogP contribution in [0.2, 0.25) is 0 Å². The van der Waals surface area contributed by atoms with Crippen molar-refractivity contribution in [2.45, 2.75) is 50.8 Å². The van der Waals surface area contributed by atoms with Crippen molar-refractivity contribution in [3.63, 3.8) is 0 Å². The fourth-order valence-corrected chi connectivity index (χ4v) is 2.40. The average molecular weight is 187 g/mol. The van der Waals surface area contributed by atoms with Crippen LogP contribution in [0.25, 0.3) is 0 Å². The highest BCUT2D eigenvalue weighted by molar-refractivity contribution is 8.00. The Morgan fingerprint density at radius 3 is 2.58 bits per heavy atom. The summed E-state index contributed by atoms with van der Waals surface area (Å²) in [6.45, 7) is 8.11. The van der Waals surface area contributed by atoms with Crippen LogP contribution in [-0.2, 0) is 0 Å². The number of piperidine rings is 1. The van der Waals surface area contributed by atoms with Crippen molar-refractivity contribution >= 4 is 11.8 Å². The topological polar surface area (TPSA) is 12.0 Å². The minimum absolute atomic E-state index is 0.430. The second-order valence-electron chi connectivity index (χ2n) is 4.57. The van der Waals surface area contributed by atoms with Crippen LogP contribution in [0.1, 0.15) is 40.0 Å². The molecule has 0 aromatic heterocycles. The minimum Gasteiger partial charge on any atom is -0.313 e. The molecule has 1 rings (SSSR count). The highest BCUT2D eigenvalue weighted by Crippen LogP contribution is 2.25. The summed E-state index contributed by atoms with van der Waals surface area (Å²) in [7, 11) is 0. The van der Waals surface area contributed by atoms with Gasteiger partial charge in [0.25, 0.3) is 0 Å². The van der Waals surface area contributed by atoms with E-state index >= 15 is 0 Å². The van der Waals surface area contributed by atoms with Gasteiger partial charge < -0.3 is 5.32 Å². The van der Waals surface area contributed by atoms with E-state index < -0.39 is 0 Å². The smallest absolute Gasteiger partial charge is 0.0158 e. The molecule has 1 N–H and O–H groups in total. The summed E-state index contributed by atoms with van der Waals surface area (Å²) in [4.78, 5) is 0. The Morgan fingerprint density at radius 2 is 2.08 bits per heavy atom. The van der Waals surface area contributed by atoms with Crippen molar-refractivity contribution in [2.24, 2.45) is 0 Å². The van der Waals surface area contributed by atoms with Gasteiger partial charge in [-0.2, -0.15) is 11.8 Å². The van der Waals surface area contributed by atoms with Crippen LogP contribution in [-0.4, -0.2) is 23.1 Å². The first-order chi connectivity index (χ1) is 5.58. The van der Waals surface area contributed by atoms with Gasteiger partial charge in [-0.25, -0.2) is 0 Å². The zero-order valence-electron chi connectivity index (χ0n) is 8.52. The van der Waals surface area contributed by atoms with E-state index in [4.69, 9.17) is 0 Å². The monoisotopic (exact) mass is 187 g/mol. The zero-order valence-corrected chi connectivity index (χ0v) is 9.34. The molecule has 1 saturated heterocycles. The molecule has 1 fully saturated rings. The van der Waals surface area contributed by atoms with Gasteiger partial charge in [0.05, 0.1) is 0 Å². The molecular weight excluding hydrogens is 166 g/mol. The number of rotatable bonds is 2. The van der Waals surface area contributed by atoms with Gasteiger partial charge in [0, 0.05) is 16.5 Å². The number of thioether (sulfide) groups is 1. The van der Waals surface area contributed by atoms with Gasteiger partial charge in [-0.3, -0.25) is 0 Å². The minimum atomic E-state index is 0.430. The van der Waals surface area contributed by atoms with E-state index in [-0.39, 0.29) is 0 Å². The molecule has 0 aliphatic carbocycles. The van der Waals surface area contributed by atoms with Gasteiger partial charge >= 0.3 is 0 Å². The van der Waals surface area contributed by atoms with E-state index in [0.717, 1.165) is 6.04 Å². The van der Waals surface area contributed by atoms with Crippen LogP contribution >= 0.6 is 11.8 Å². The van der Waals surface area contributed by atoms with E-state index in [9.17, 15) is 0 Å². The van der Waals surface area contributed by atoms with Crippen molar-refractivity contribution in [3.05, 3.63) is 0 Å². The lowest BCUT2D eigenvalue weighted by molar-refractivity contribution is 0.429. The van der Waals surface area contributed by atoms with Crippen LogP contribution in [0.3, 0.4) is 0 Å². The maximum atomic E-state index is 3.57. The Hall–Kier alpha value is 0.310. The summed E-state index contributed by atoms with van der Waals surface area (Å²) in [5.41, 5.74) is 0. The molecule has 0 radical (unpaired) electrons. The van der Waals surface area contributed by atoms with Crippen LogP contribution in [0.4, 0.5) is 0 Å². The van der Waals surface area contributed by atoms with Gasteiger partial charge in [-0.05, 0) is 19.4 Å². The SMILES string of the molecule is CC(C)(C)SCC1CCCCN1. The summed E-state index contributed by atoms with van der Waals surface area (Å²) in [6, 6.07) is 0.781. The number of hydrogen-bond acceptors (Lipinski definition) is 2. The second kappa shape index (κ2) is 4.52. The lowest BCUT2D eigenvalue weighted by atomic mass is 10.1. The predicted octanol–water partition coefficient (Wildman–Crippen LogP) is 2.66. The van der Waals surface area contributed by atoms with Gasteiger partial charge in [0.2, 0.25) is 0 Å². The van der Waals surface area contributed by atoms with Crippen LogP contribution in [0, 0.1) is 0 Å². The first kappa shape index (κ1) is 10.4. The maximum Gasteiger partial charge on any atom is 0.0158 e. The molecular formula is C10H21NS. The summed E-state index contributed by atoms with van der Waals surface area (Å²) < 4.78 is 0.430. The lowest BCUT2D eigenvalue weighted by Crippen LogP contribution is -2.36. The van der Waals surface area contributed by atoms with Crippen molar-refractivity contribution in [3.8, 4) is 0 Å². The second-order valence-corrected chi connectivity index (χ2v) is 6.42. The number of hydrogen-bond donors (Lipinski definition) is 1. The molecule has 2 heteroatoms. The molecule has 1 unspecified atom stereocenters. The average Bonchev–Trinajstić information content (AvgIpc) is 2.02. The van der Waals surface area contributed by atoms with Gasteiger partial charge in [0.1, 0.15) is 0 Å². The summed E-state index contributed by atoms with van der Waals surface area (Å²) in [6.07, 6.45) is 4.17. The third kappa shape index (κ3) is 4.36. The van der Waals surface area contributed by atoms with Gasteiger partial charge in [-0.1, -0.05) is 27.2 Å². The molecule has 0 bridgehead atoms. The van der Waals surface area contributed by atoms with Crippen molar-refractivity contribution in [1.82, 2.24) is 5.32 Å². The maximum absolute atomic E-state index is 3.57. The van der Waals surface area contributed by atoms with E-state index in [1.165, 1.54) is 31.6 Å². The zero-order chi connectivity index (χ0) is 9.03. The summed E-state index contributed by atoms with van der Waals surface area (Å²) in [5.74, 6) is 1.28. The molecule has 1 nitrogen and oxygen atoms in total. The fourth-order valence-electron chi connectivity index (χ4n) is 1.42. The predicted molar refractivity (Wildman–Crippen MR) is 57.9 cm³/mol. The molecule has 1 aliphatic heterocycles. The molecule has 1 atom stereocenters. The number of nitrogens with one attached hydrogen (secondary N) is 1. The summed E-state index contributed by atoms with van der Waals surface area (Å²) in [5, 5.41) is 3.57. The Kier molecular flexibility index (Phi) is 3.91. The Labute approximate surface area is 80.7 Å². The van der Waals surface area contributed by atoms with E-state index in [1.807, 2.05) is 0 Å². The van der Waals surface area contributed by atoms with E-state index in [0.29, 0.717) is 4.75 Å². The largest absolute Gasteiger partial charge is 0.313 e. The third-order valence-electron chi connectivity index (χ3n) is 2.13. The van der Waals surface area contributed by atoms with E-state index in [1.54, 1.807) is 0 Å². The molecule has 12 heavy (non-hydrogen) atoms. The summed E-state index contributed by atoms with van der Waals surface area (Å²) >= 11 is 2.08. The first-order valence-electron chi connectivity index (χ1n) is 4.95. The molecule has 0 aromatic rings. The molecule has 0 amide bonds. The molecule has 0 spiro atoms. The first-order valence-corrected chi connectivity index (χ1v) is 5.94. The Bertz CT molecular complexity index is 122. The Morgan fingerprint density at radius 1 is 1.33 bits per heavy atom. The molecule has 0 saturated carbocycles. The van der Waals surface area contributed by atoms with Crippen LogP contribution in [0.5, 0.6) is 0 Å². The van der Waals surface area contributed by atoms with E-state index in [2.05, 4.69) is 37.8 Å². The molecule has 1 aliphatic rings. The highest BCUT2D eigenvalue weighted by atomic mass is 32.2. The van der Waals surface area contributed by atoms with Gasteiger partial charge in [-0.15, -0.1) is 0 Å². The fraction of sp³-hybridized carbons (Fsp3) is 1.00.